The first-order valence-electron chi connectivity index (χ1n) is 5.08. The summed E-state index contributed by atoms with van der Waals surface area (Å²) < 4.78 is 6.43. The Bertz CT molecular complexity index is 626. The zero-order chi connectivity index (χ0) is 12.6. The lowest BCUT2D eigenvalue weighted by Crippen LogP contribution is -2.30. The molecule has 2 rings (SSSR count). The molecule has 1 heterocycles. The van der Waals surface area contributed by atoms with Gasteiger partial charge in [-0.3, -0.25) is 9.36 Å². The lowest BCUT2D eigenvalue weighted by atomic mass is 10.2. The molecule has 0 spiro atoms. The van der Waals surface area contributed by atoms with E-state index in [1.807, 2.05) is 0 Å². The molecule has 1 aromatic carbocycles. The number of carbonyl (C=O) groups excluding carboxylic acids is 1. The lowest BCUT2D eigenvalue weighted by molar-refractivity contribution is -0.116. The van der Waals surface area contributed by atoms with Gasteiger partial charge in [0.15, 0.2) is 5.58 Å². The summed E-state index contributed by atoms with van der Waals surface area (Å²) in [5.41, 5.74) is 7.13. The Morgan fingerprint density at radius 2 is 2.24 bits per heavy atom. The first-order valence-corrected chi connectivity index (χ1v) is 5.08. The second kappa shape index (κ2) is 3.97. The van der Waals surface area contributed by atoms with Gasteiger partial charge >= 0.3 is 5.76 Å². The van der Waals surface area contributed by atoms with Gasteiger partial charge in [0.1, 0.15) is 0 Å². The van der Waals surface area contributed by atoms with Crippen LogP contribution in [0.1, 0.15) is 0 Å². The molecule has 0 bridgehead atoms. The maximum atomic E-state index is 11.3. The van der Waals surface area contributed by atoms with E-state index in [4.69, 9.17) is 10.2 Å². The molecule has 17 heavy (non-hydrogen) atoms. The van der Waals surface area contributed by atoms with E-state index in [0.29, 0.717) is 11.1 Å². The number of hydrogen-bond acceptors (Lipinski definition) is 4. The number of nitrogens with two attached hydrogens (primary N) is 1. The van der Waals surface area contributed by atoms with Crippen molar-refractivity contribution in [2.45, 2.75) is 0 Å². The maximum absolute atomic E-state index is 11.3. The van der Waals surface area contributed by atoms with Crippen LogP contribution in [0.5, 0.6) is 0 Å². The SMILES string of the molecule is CN(CC(N)=O)c1ccc2oc(=O)n(C)c2c1. The summed E-state index contributed by atoms with van der Waals surface area (Å²) in [5.74, 6) is -0.816. The van der Waals surface area contributed by atoms with Crippen LogP contribution in [-0.2, 0) is 11.8 Å². The number of primary amides is 1. The molecule has 0 saturated heterocycles. The summed E-state index contributed by atoms with van der Waals surface area (Å²) in [6, 6.07) is 5.25. The standard InChI is InChI=1S/C11H13N3O3/c1-13(6-10(12)15)7-3-4-9-8(5-7)14(2)11(16)17-9/h3-5H,6H2,1-2H3,(H2,12,15). The Morgan fingerprint density at radius 3 is 2.88 bits per heavy atom. The third kappa shape index (κ3) is 2.01. The van der Waals surface area contributed by atoms with E-state index in [2.05, 4.69) is 0 Å². The molecule has 1 amide bonds. The largest absolute Gasteiger partial charge is 0.419 e. The van der Waals surface area contributed by atoms with Crippen molar-refractivity contribution in [3.8, 4) is 0 Å². The Balaban J connectivity index is 2.46. The fourth-order valence-electron chi connectivity index (χ4n) is 1.68. The molecule has 2 aromatic rings. The molecule has 2 N–H and O–H groups in total. The van der Waals surface area contributed by atoms with Crippen LogP contribution >= 0.6 is 0 Å². The Hall–Kier alpha value is -2.24. The van der Waals surface area contributed by atoms with E-state index in [9.17, 15) is 9.59 Å². The number of anilines is 1. The van der Waals surface area contributed by atoms with Crippen molar-refractivity contribution in [3.05, 3.63) is 28.7 Å². The van der Waals surface area contributed by atoms with Gasteiger partial charge in [-0.1, -0.05) is 0 Å². The van der Waals surface area contributed by atoms with Crippen LogP contribution < -0.4 is 16.4 Å². The number of aromatic nitrogens is 1. The summed E-state index contributed by atoms with van der Waals surface area (Å²) in [7, 11) is 3.39. The van der Waals surface area contributed by atoms with E-state index in [-0.39, 0.29) is 6.54 Å². The van der Waals surface area contributed by atoms with E-state index >= 15 is 0 Å². The zero-order valence-corrected chi connectivity index (χ0v) is 9.64. The van der Waals surface area contributed by atoms with Crippen molar-refractivity contribution in [2.24, 2.45) is 12.8 Å². The predicted octanol–water partition coefficient (Wildman–Crippen LogP) is 0.0530. The molecule has 0 radical (unpaired) electrons. The van der Waals surface area contributed by atoms with Crippen molar-refractivity contribution in [1.29, 1.82) is 0 Å². The minimum absolute atomic E-state index is 0.122. The number of nitrogens with zero attached hydrogens (tertiary/aromatic N) is 2. The molecule has 0 fully saturated rings. The predicted molar refractivity (Wildman–Crippen MR) is 63.9 cm³/mol. The number of benzene rings is 1. The van der Waals surface area contributed by atoms with Crippen LogP contribution in [0.2, 0.25) is 0 Å². The smallest absolute Gasteiger partial charge is 0.408 e. The number of hydrogen-bond donors (Lipinski definition) is 1. The van der Waals surface area contributed by atoms with Crippen molar-refractivity contribution >= 4 is 22.7 Å². The Labute approximate surface area is 97.2 Å². The molecule has 90 valence electrons. The van der Waals surface area contributed by atoms with Crippen LogP contribution in [0.15, 0.2) is 27.4 Å². The summed E-state index contributed by atoms with van der Waals surface area (Å²) in [6.07, 6.45) is 0. The molecule has 1 aromatic heterocycles. The highest BCUT2D eigenvalue weighted by molar-refractivity contribution is 5.82. The van der Waals surface area contributed by atoms with Crippen LogP contribution in [0.3, 0.4) is 0 Å². The third-order valence-electron chi connectivity index (χ3n) is 2.61. The van der Waals surface area contributed by atoms with Crippen molar-refractivity contribution in [3.63, 3.8) is 0 Å². The summed E-state index contributed by atoms with van der Waals surface area (Å²) in [6.45, 7) is 0.122. The number of oxazole rings is 1. The van der Waals surface area contributed by atoms with Crippen LogP contribution in [0.25, 0.3) is 11.1 Å². The minimum atomic E-state index is -0.409. The molecular formula is C11H13N3O3. The average Bonchev–Trinajstić information content (AvgIpc) is 2.54. The highest BCUT2D eigenvalue weighted by Gasteiger charge is 2.09. The van der Waals surface area contributed by atoms with Gasteiger partial charge in [0.25, 0.3) is 0 Å². The molecule has 0 aliphatic rings. The lowest BCUT2D eigenvalue weighted by Gasteiger charge is -2.16. The molecule has 0 aliphatic heterocycles. The van der Waals surface area contributed by atoms with Crippen LogP contribution in [0.4, 0.5) is 5.69 Å². The van der Waals surface area contributed by atoms with Gasteiger partial charge < -0.3 is 15.1 Å². The molecular weight excluding hydrogens is 222 g/mol. The normalized spacial score (nSPS) is 10.7. The van der Waals surface area contributed by atoms with E-state index < -0.39 is 11.7 Å². The van der Waals surface area contributed by atoms with Gasteiger partial charge in [0.05, 0.1) is 12.1 Å². The van der Waals surface area contributed by atoms with Gasteiger partial charge in [-0.15, -0.1) is 0 Å². The number of fused-ring (bicyclic) bond motifs is 1. The highest BCUT2D eigenvalue weighted by Crippen LogP contribution is 2.20. The van der Waals surface area contributed by atoms with E-state index in [1.54, 1.807) is 37.2 Å². The maximum Gasteiger partial charge on any atom is 0.419 e. The first kappa shape index (κ1) is 11.3. The number of carbonyl (C=O) groups is 1. The highest BCUT2D eigenvalue weighted by atomic mass is 16.4. The van der Waals surface area contributed by atoms with Gasteiger partial charge in [-0.2, -0.15) is 0 Å². The first-order chi connectivity index (χ1) is 7.99. The van der Waals surface area contributed by atoms with E-state index in [0.717, 1.165) is 5.69 Å². The average molecular weight is 235 g/mol. The quantitative estimate of drug-likeness (QED) is 0.815. The van der Waals surface area contributed by atoms with Gasteiger partial charge in [0.2, 0.25) is 5.91 Å². The topological polar surface area (TPSA) is 81.5 Å². The van der Waals surface area contributed by atoms with Crippen LogP contribution in [0, 0.1) is 0 Å². The molecule has 6 nitrogen and oxygen atoms in total. The number of rotatable bonds is 3. The monoisotopic (exact) mass is 235 g/mol. The van der Waals surface area contributed by atoms with E-state index in [1.165, 1.54) is 4.57 Å². The Morgan fingerprint density at radius 1 is 1.53 bits per heavy atom. The van der Waals surface area contributed by atoms with Crippen molar-refractivity contribution in [1.82, 2.24) is 4.57 Å². The second-order valence-electron chi connectivity index (χ2n) is 3.90. The summed E-state index contributed by atoms with van der Waals surface area (Å²) in [4.78, 5) is 23.8. The second-order valence-corrected chi connectivity index (χ2v) is 3.90. The fraction of sp³-hybridized carbons (Fsp3) is 0.273. The van der Waals surface area contributed by atoms with Gasteiger partial charge in [-0.05, 0) is 18.2 Å². The fourth-order valence-corrected chi connectivity index (χ4v) is 1.68. The van der Waals surface area contributed by atoms with Gasteiger partial charge in [0, 0.05) is 19.8 Å². The minimum Gasteiger partial charge on any atom is -0.408 e. The third-order valence-corrected chi connectivity index (χ3v) is 2.61. The molecule has 0 unspecified atom stereocenters. The molecule has 0 saturated carbocycles. The summed E-state index contributed by atoms with van der Waals surface area (Å²) >= 11 is 0. The van der Waals surface area contributed by atoms with Gasteiger partial charge in [-0.25, -0.2) is 4.79 Å². The molecule has 0 atom stereocenters. The number of amides is 1. The summed E-state index contributed by atoms with van der Waals surface area (Å²) in [5, 5.41) is 0. The number of aryl methyl sites for hydroxylation is 1. The molecule has 0 aliphatic carbocycles. The molecule has 6 heteroatoms. The Kier molecular flexibility index (Phi) is 2.63. The number of likely N-dealkylation sites (N-methyl/N-ethyl adjacent to an activating group) is 1. The van der Waals surface area contributed by atoms with Crippen LogP contribution in [-0.4, -0.2) is 24.1 Å². The zero-order valence-electron chi connectivity index (χ0n) is 9.64. The van der Waals surface area contributed by atoms with Crippen molar-refractivity contribution < 1.29 is 9.21 Å². The van der Waals surface area contributed by atoms with Crippen molar-refractivity contribution in [2.75, 3.05) is 18.5 Å².